The van der Waals surface area contributed by atoms with Crippen LogP contribution in [0.15, 0.2) is 18.2 Å². The molecule has 8 heteroatoms. The summed E-state index contributed by atoms with van der Waals surface area (Å²) in [7, 11) is -1.63. The van der Waals surface area contributed by atoms with Crippen molar-refractivity contribution in [2.45, 2.75) is 6.54 Å². The number of nitrogens with zero attached hydrogens (tertiary/aromatic N) is 2. The number of anilines is 1. The van der Waals surface area contributed by atoms with Crippen LogP contribution >= 0.6 is 0 Å². The molecule has 0 saturated carbocycles. The van der Waals surface area contributed by atoms with E-state index in [-0.39, 0.29) is 6.54 Å². The highest BCUT2D eigenvalue weighted by atomic mass is 32.2. The van der Waals surface area contributed by atoms with E-state index in [0.29, 0.717) is 18.2 Å². The zero-order chi connectivity index (χ0) is 14.0. The fraction of sp³-hybridized carbons (Fsp3) is 0.364. The van der Waals surface area contributed by atoms with Crippen molar-refractivity contribution >= 4 is 27.0 Å². The smallest absolute Gasteiger partial charge is 0.208 e. The first-order chi connectivity index (χ1) is 8.90. The minimum atomic E-state index is -3.21. The average molecular weight is 284 g/mol. The standard InChI is InChI=1S/C11H16N4O3S/c1-18-8-3-4-9-10(7-8)15(11(12)14-9)6-5-13-19(2,16)17/h3-4,7,13H,5-6H2,1-2H3,(H2,12,14). The maximum atomic E-state index is 11.0. The van der Waals surface area contributed by atoms with Crippen LogP contribution < -0.4 is 15.2 Å². The van der Waals surface area contributed by atoms with Crippen molar-refractivity contribution in [3.05, 3.63) is 18.2 Å². The van der Waals surface area contributed by atoms with E-state index in [9.17, 15) is 8.42 Å². The van der Waals surface area contributed by atoms with Crippen LogP contribution in [0.4, 0.5) is 5.95 Å². The van der Waals surface area contributed by atoms with Crippen LogP contribution in [-0.4, -0.2) is 37.9 Å². The molecule has 0 fully saturated rings. The van der Waals surface area contributed by atoms with E-state index in [4.69, 9.17) is 10.5 Å². The number of methoxy groups -OCH3 is 1. The van der Waals surface area contributed by atoms with Gasteiger partial charge in [0.25, 0.3) is 0 Å². The highest BCUT2D eigenvalue weighted by Gasteiger charge is 2.09. The van der Waals surface area contributed by atoms with E-state index in [1.165, 1.54) is 0 Å². The summed E-state index contributed by atoms with van der Waals surface area (Å²) in [5.41, 5.74) is 7.39. The number of sulfonamides is 1. The molecule has 0 unspecified atom stereocenters. The van der Waals surface area contributed by atoms with Gasteiger partial charge < -0.3 is 15.0 Å². The van der Waals surface area contributed by atoms with Gasteiger partial charge in [0, 0.05) is 19.2 Å². The summed E-state index contributed by atoms with van der Waals surface area (Å²) in [6.07, 6.45) is 1.12. The molecule has 0 spiro atoms. The lowest BCUT2D eigenvalue weighted by atomic mass is 10.3. The van der Waals surface area contributed by atoms with Crippen LogP contribution in [0.3, 0.4) is 0 Å². The first kappa shape index (κ1) is 13.6. The van der Waals surface area contributed by atoms with Crippen molar-refractivity contribution in [3.8, 4) is 5.75 Å². The Labute approximate surface area is 111 Å². The number of imidazole rings is 1. The fourth-order valence-electron chi connectivity index (χ4n) is 1.83. The van der Waals surface area contributed by atoms with Gasteiger partial charge in [0.05, 0.1) is 24.4 Å². The highest BCUT2D eigenvalue weighted by molar-refractivity contribution is 7.88. The first-order valence-corrected chi connectivity index (χ1v) is 7.54. The Balaban J connectivity index is 2.28. The third-order valence-electron chi connectivity index (χ3n) is 2.68. The zero-order valence-electron chi connectivity index (χ0n) is 10.8. The van der Waals surface area contributed by atoms with Crippen LogP contribution in [0.5, 0.6) is 5.75 Å². The van der Waals surface area contributed by atoms with Gasteiger partial charge in [-0.2, -0.15) is 0 Å². The molecular formula is C11H16N4O3S. The van der Waals surface area contributed by atoms with Crippen LogP contribution in [0.2, 0.25) is 0 Å². The fourth-order valence-corrected chi connectivity index (χ4v) is 2.29. The third kappa shape index (κ3) is 3.15. The van der Waals surface area contributed by atoms with E-state index in [1.54, 1.807) is 17.7 Å². The quantitative estimate of drug-likeness (QED) is 0.815. The summed E-state index contributed by atoms with van der Waals surface area (Å²) in [4.78, 5) is 4.21. The molecule has 0 aliphatic rings. The molecular weight excluding hydrogens is 268 g/mol. The second-order valence-corrected chi connectivity index (χ2v) is 5.98. The van der Waals surface area contributed by atoms with Crippen molar-refractivity contribution in [2.75, 3.05) is 25.6 Å². The monoisotopic (exact) mass is 284 g/mol. The Morgan fingerprint density at radius 2 is 2.21 bits per heavy atom. The molecule has 3 N–H and O–H groups in total. The topological polar surface area (TPSA) is 99.2 Å². The Morgan fingerprint density at radius 3 is 2.84 bits per heavy atom. The predicted octanol–water partition coefficient (Wildman–Crippen LogP) is 0.176. The lowest BCUT2D eigenvalue weighted by Crippen LogP contribution is -2.26. The Kier molecular flexibility index (Phi) is 3.63. The lowest BCUT2D eigenvalue weighted by Gasteiger charge is -2.07. The molecule has 2 aromatic rings. The Morgan fingerprint density at radius 1 is 1.47 bits per heavy atom. The lowest BCUT2D eigenvalue weighted by molar-refractivity contribution is 0.415. The maximum Gasteiger partial charge on any atom is 0.208 e. The van der Waals surface area contributed by atoms with Crippen LogP contribution in [-0.2, 0) is 16.6 Å². The molecule has 1 aromatic heterocycles. The second-order valence-electron chi connectivity index (χ2n) is 4.14. The first-order valence-electron chi connectivity index (χ1n) is 5.65. The van der Waals surface area contributed by atoms with Gasteiger partial charge in [-0.05, 0) is 12.1 Å². The van der Waals surface area contributed by atoms with E-state index >= 15 is 0 Å². The number of hydrogen-bond acceptors (Lipinski definition) is 5. The predicted molar refractivity (Wildman–Crippen MR) is 73.5 cm³/mol. The van der Waals surface area contributed by atoms with Gasteiger partial charge in [0.2, 0.25) is 16.0 Å². The number of nitrogen functional groups attached to an aromatic ring is 1. The van der Waals surface area contributed by atoms with Gasteiger partial charge in [-0.15, -0.1) is 0 Å². The summed E-state index contributed by atoms with van der Waals surface area (Å²) in [6, 6.07) is 5.43. The second kappa shape index (κ2) is 5.06. The molecule has 19 heavy (non-hydrogen) atoms. The zero-order valence-corrected chi connectivity index (χ0v) is 11.6. The van der Waals surface area contributed by atoms with Gasteiger partial charge in [-0.3, -0.25) is 0 Å². The van der Waals surface area contributed by atoms with E-state index in [1.807, 2.05) is 12.1 Å². The van der Waals surface area contributed by atoms with Crippen molar-refractivity contribution in [3.63, 3.8) is 0 Å². The number of ether oxygens (including phenoxy) is 1. The molecule has 0 radical (unpaired) electrons. The molecule has 7 nitrogen and oxygen atoms in total. The minimum absolute atomic E-state index is 0.256. The van der Waals surface area contributed by atoms with Gasteiger partial charge >= 0.3 is 0 Å². The number of nitrogens with one attached hydrogen (secondary N) is 1. The normalized spacial score (nSPS) is 11.9. The maximum absolute atomic E-state index is 11.0. The van der Waals surface area contributed by atoms with Crippen LogP contribution in [0.25, 0.3) is 11.0 Å². The summed E-state index contributed by atoms with van der Waals surface area (Å²) in [5.74, 6) is 1.04. The number of rotatable bonds is 5. The molecule has 0 saturated heterocycles. The van der Waals surface area contributed by atoms with Gasteiger partial charge in [0.1, 0.15) is 5.75 Å². The molecule has 1 aromatic carbocycles. The summed E-state index contributed by atoms with van der Waals surface area (Å²) in [6.45, 7) is 0.661. The van der Waals surface area contributed by atoms with E-state index in [2.05, 4.69) is 9.71 Å². The summed E-state index contributed by atoms with van der Waals surface area (Å²) < 4.78 is 31.4. The Bertz CT molecular complexity index is 693. The number of aromatic nitrogens is 2. The average Bonchev–Trinajstić information content (AvgIpc) is 2.63. The molecule has 0 amide bonds. The minimum Gasteiger partial charge on any atom is -0.497 e. The largest absolute Gasteiger partial charge is 0.497 e. The molecule has 1 heterocycles. The van der Waals surface area contributed by atoms with Gasteiger partial charge in [-0.1, -0.05) is 0 Å². The van der Waals surface area contributed by atoms with Gasteiger partial charge in [0.15, 0.2) is 0 Å². The van der Waals surface area contributed by atoms with E-state index in [0.717, 1.165) is 17.3 Å². The van der Waals surface area contributed by atoms with Crippen LogP contribution in [0.1, 0.15) is 0 Å². The van der Waals surface area contributed by atoms with Gasteiger partial charge in [-0.25, -0.2) is 18.1 Å². The number of nitrogens with two attached hydrogens (primary N) is 1. The van der Waals surface area contributed by atoms with Crippen molar-refractivity contribution in [2.24, 2.45) is 0 Å². The molecule has 104 valence electrons. The molecule has 0 aliphatic heterocycles. The molecule has 0 bridgehead atoms. The van der Waals surface area contributed by atoms with Crippen molar-refractivity contribution in [1.29, 1.82) is 0 Å². The molecule has 0 aliphatic carbocycles. The SMILES string of the molecule is COc1ccc2nc(N)n(CCNS(C)(=O)=O)c2c1. The summed E-state index contributed by atoms with van der Waals surface area (Å²) >= 11 is 0. The van der Waals surface area contributed by atoms with E-state index < -0.39 is 10.0 Å². The number of fused-ring (bicyclic) bond motifs is 1. The van der Waals surface area contributed by atoms with Crippen molar-refractivity contribution in [1.82, 2.24) is 14.3 Å². The number of hydrogen-bond donors (Lipinski definition) is 2. The molecule has 0 atom stereocenters. The Hall–Kier alpha value is -1.80. The molecule has 2 rings (SSSR count). The third-order valence-corrected chi connectivity index (χ3v) is 3.41. The summed E-state index contributed by atoms with van der Waals surface area (Å²) in [5, 5.41) is 0. The van der Waals surface area contributed by atoms with Crippen molar-refractivity contribution < 1.29 is 13.2 Å². The highest BCUT2D eigenvalue weighted by Crippen LogP contribution is 2.22. The number of benzene rings is 1. The van der Waals surface area contributed by atoms with Crippen LogP contribution in [0, 0.1) is 0 Å².